The van der Waals surface area contributed by atoms with Gasteiger partial charge in [0.25, 0.3) is 0 Å². The highest BCUT2D eigenvalue weighted by atomic mass is 16.2. The van der Waals surface area contributed by atoms with Crippen molar-refractivity contribution in [2.45, 2.75) is 26.7 Å². The van der Waals surface area contributed by atoms with Crippen molar-refractivity contribution in [1.29, 1.82) is 5.26 Å². The van der Waals surface area contributed by atoms with E-state index >= 15 is 0 Å². The summed E-state index contributed by atoms with van der Waals surface area (Å²) in [5, 5.41) is 12.5. The number of ketones is 1. The van der Waals surface area contributed by atoms with Gasteiger partial charge in [-0.25, -0.2) is 4.98 Å². The van der Waals surface area contributed by atoms with E-state index in [0.717, 1.165) is 0 Å². The third kappa shape index (κ3) is 3.14. The molecule has 26 heavy (non-hydrogen) atoms. The molecule has 0 saturated carbocycles. The van der Waals surface area contributed by atoms with Crippen molar-refractivity contribution < 1.29 is 9.59 Å². The monoisotopic (exact) mass is 349 g/mol. The molecule has 1 unspecified atom stereocenters. The minimum absolute atomic E-state index is 0.0293. The van der Waals surface area contributed by atoms with Crippen LogP contribution in [0.5, 0.6) is 0 Å². The molecule has 1 saturated heterocycles. The van der Waals surface area contributed by atoms with Gasteiger partial charge < -0.3 is 5.32 Å². The lowest BCUT2D eigenvalue weighted by Crippen LogP contribution is -2.33. The Balaban J connectivity index is 1.84. The molecule has 1 aliphatic heterocycles. The van der Waals surface area contributed by atoms with Crippen molar-refractivity contribution in [3.8, 4) is 6.07 Å². The maximum absolute atomic E-state index is 12.7. The molecule has 0 aliphatic carbocycles. The van der Waals surface area contributed by atoms with Gasteiger partial charge in [0, 0.05) is 24.0 Å². The molecule has 0 spiro atoms. The van der Waals surface area contributed by atoms with Crippen molar-refractivity contribution in [2.75, 3.05) is 16.8 Å². The van der Waals surface area contributed by atoms with Crippen LogP contribution in [-0.4, -0.2) is 28.2 Å². The smallest absolute Gasteiger partial charge is 0.248 e. The van der Waals surface area contributed by atoms with Crippen LogP contribution in [0.25, 0.3) is 0 Å². The Bertz CT molecular complexity index is 905. The van der Waals surface area contributed by atoms with E-state index in [2.05, 4.69) is 21.4 Å². The first-order valence-corrected chi connectivity index (χ1v) is 8.43. The first-order valence-electron chi connectivity index (χ1n) is 8.43. The number of hydrogen-bond acceptors (Lipinski definition) is 6. The van der Waals surface area contributed by atoms with Gasteiger partial charge in [-0.3, -0.25) is 14.5 Å². The molecular weight excluding hydrogens is 330 g/mol. The Hall–Kier alpha value is -3.27. The number of nitrogens with zero attached hydrogens (tertiary/aromatic N) is 4. The van der Waals surface area contributed by atoms with E-state index < -0.39 is 5.41 Å². The fraction of sp³-hybridized carbons (Fsp3) is 0.316. The molecular formula is C19H19N5O2. The highest BCUT2D eigenvalue weighted by molar-refractivity contribution is 6.01. The zero-order chi connectivity index (χ0) is 18.7. The number of rotatable bonds is 5. The minimum atomic E-state index is -0.964. The van der Waals surface area contributed by atoms with Crippen LogP contribution in [0.15, 0.2) is 36.5 Å². The molecule has 1 aliphatic rings. The standard InChI is InChI=1S/C19H19N5O2/c1-3-19(12-20)8-10-24(17(19)26)16-7-9-21-18(23-16)22-15-6-4-5-14(11-15)13(2)25/h4-7,9,11H,3,8,10H2,1-2H3,(H,21,22,23). The van der Waals surface area contributed by atoms with Crippen LogP contribution in [0.3, 0.4) is 0 Å². The largest absolute Gasteiger partial charge is 0.324 e. The summed E-state index contributed by atoms with van der Waals surface area (Å²) >= 11 is 0. The van der Waals surface area contributed by atoms with Crippen molar-refractivity contribution in [3.05, 3.63) is 42.1 Å². The highest BCUT2D eigenvalue weighted by Crippen LogP contribution is 2.36. The van der Waals surface area contributed by atoms with Crippen LogP contribution < -0.4 is 10.2 Å². The van der Waals surface area contributed by atoms with Crippen LogP contribution in [-0.2, 0) is 4.79 Å². The van der Waals surface area contributed by atoms with Gasteiger partial charge in [-0.1, -0.05) is 19.1 Å². The average molecular weight is 349 g/mol. The number of Topliss-reactive ketones (excluding diaryl/α,β-unsaturated/α-hetero) is 1. The Morgan fingerprint density at radius 2 is 2.23 bits per heavy atom. The van der Waals surface area contributed by atoms with Crippen LogP contribution in [0.2, 0.25) is 0 Å². The molecule has 0 bridgehead atoms. The summed E-state index contributed by atoms with van der Waals surface area (Å²) < 4.78 is 0. The molecule has 1 N–H and O–H groups in total. The van der Waals surface area contributed by atoms with Crippen LogP contribution in [0.1, 0.15) is 37.0 Å². The topological polar surface area (TPSA) is 99.0 Å². The van der Waals surface area contributed by atoms with E-state index in [9.17, 15) is 14.9 Å². The zero-order valence-electron chi connectivity index (χ0n) is 14.7. The predicted molar refractivity (Wildman–Crippen MR) is 97.1 cm³/mol. The van der Waals surface area contributed by atoms with Crippen molar-refractivity contribution >= 4 is 29.1 Å². The van der Waals surface area contributed by atoms with Crippen molar-refractivity contribution in [1.82, 2.24) is 9.97 Å². The summed E-state index contributed by atoms with van der Waals surface area (Å²) in [6.45, 7) is 3.81. The fourth-order valence-corrected chi connectivity index (χ4v) is 3.00. The van der Waals surface area contributed by atoms with Crippen molar-refractivity contribution in [3.63, 3.8) is 0 Å². The molecule has 2 aromatic rings. The minimum Gasteiger partial charge on any atom is -0.324 e. The molecule has 7 heteroatoms. The number of nitriles is 1. The highest BCUT2D eigenvalue weighted by Gasteiger charge is 2.46. The van der Waals surface area contributed by atoms with Gasteiger partial charge in [0.15, 0.2) is 5.78 Å². The Kier molecular flexibility index (Phi) is 4.67. The molecule has 1 aromatic carbocycles. The molecule has 2 heterocycles. The summed E-state index contributed by atoms with van der Waals surface area (Å²) in [5.41, 5.74) is 0.305. The van der Waals surface area contributed by atoms with Gasteiger partial charge in [0.05, 0.1) is 6.07 Å². The van der Waals surface area contributed by atoms with Crippen LogP contribution in [0.4, 0.5) is 17.5 Å². The predicted octanol–water partition coefficient (Wildman–Crippen LogP) is 3.08. The van der Waals surface area contributed by atoms with Gasteiger partial charge in [-0.15, -0.1) is 0 Å². The zero-order valence-corrected chi connectivity index (χ0v) is 14.7. The van der Waals surface area contributed by atoms with Crippen LogP contribution in [0, 0.1) is 16.7 Å². The third-order valence-electron chi connectivity index (χ3n) is 4.68. The fourth-order valence-electron chi connectivity index (χ4n) is 3.00. The lowest BCUT2D eigenvalue weighted by molar-refractivity contribution is -0.123. The third-order valence-corrected chi connectivity index (χ3v) is 4.68. The summed E-state index contributed by atoms with van der Waals surface area (Å²) in [6, 6.07) is 10.9. The number of carbonyl (C=O) groups is 2. The molecule has 7 nitrogen and oxygen atoms in total. The number of carbonyl (C=O) groups excluding carboxylic acids is 2. The summed E-state index contributed by atoms with van der Waals surface area (Å²) in [7, 11) is 0. The molecule has 1 amide bonds. The molecule has 1 aromatic heterocycles. The van der Waals surface area contributed by atoms with E-state index in [-0.39, 0.29) is 11.7 Å². The van der Waals surface area contributed by atoms with Crippen LogP contribution >= 0.6 is 0 Å². The van der Waals surface area contributed by atoms with Gasteiger partial charge in [-0.05, 0) is 38.0 Å². The van der Waals surface area contributed by atoms with E-state index in [0.29, 0.717) is 42.4 Å². The first-order chi connectivity index (χ1) is 12.5. The Morgan fingerprint density at radius 3 is 2.88 bits per heavy atom. The molecule has 1 fully saturated rings. The molecule has 132 valence electrons. The summed E-state index contributed by atoms with van der Waals surface area (Å²) in [5.74, 6) is 0.534. The average Bonchev–Trinajstić information content (AvgIpc) is 2.99. The number of aromatic nitrogens is 2. The number of anilines is 3. The quantitative estimate of drug-likeness (QED) is 0.833. The van der Waals surface area contributed by atoms with Gasteiger partial charge in [0.1, 0.15) is 11.2 Å². The summed E-state index contributed by atoms with van der Waals surface area (Å²) in [6.07, 6.45) is 2.53. The van der Waals surface area contributed by atoms with Crippen molar-refractivity contribution in [2.24, 2.45) is 5.41 Å². The Labute approximate surface area is 151 Å². The maximum atomic E-state index is 12.7. The molecule has 1 atom stereocenters. The number of nitrogens with one attached hydrogen (secondary N) is 1. The van der Waals surface area contributed by atoms with E-state index in [1.807, 2.05) is 6.92 Å². The van der Waals surface area contributed by atoms with Gasteiger partial charge in [0.2, 0.25) is 11.9 Å². The lowest BCUT2D eigenvalue weighted by Gasteiger charge is -2.19. The second kappa shape index (κ2) is 6.92. The SMILES string of the molecule is CCC1(C#N)CCN(c2ccnc(Nc3cccc(C(C)=O)c3)n2)C1=O. The first kappa shape index (κ1) is 17.5. The summed E-state index contributed by atoms with van der Waals surface area (Å²) in [4.78, 5) is 34.3. The molecule has 0 radical (unpaired) electrons. The number of benzene rings is 1. The molecule has 3 rings (SSSR count). The second-order valence-corrected chi connectivity index (χ2v) is 6.25. The lowest BCUT2D eigenvalue weighted by atomic mass is 9.85. The van der Waals surface area contributed by atoms with E-state index in [1.54, 1.807) is 36.5 Å². The Morgan fingerprint density at radius 1 is 1.42 bits per heavy atom. The normalized spacial score (nSPS) is 19.3. The number of hydrogen-bond donors (Lipinski definition) is 1. The van der Waals surface area contributed by atoms with E-state index in [1.165, 1.54) is 11.8 Å². The van der Waals surface area contributed by atoms with E-state index in [4.69, 9.17) is 0 Å². The number of amides is 1. The maximum Gasteiger partial charge on any atom is 0.248 e. The van der Waals surface area contributed by atoms with Gasteiger partial charge >= 0.3 is 0 Å². The van der Waals surface area contributed by atoms with Gasteiger partial charge in [-0.2, -0.15) is 10.2 Å². The second-order valence-electron chi connectivity index (χ2n) is 6.25.